The third kappa shape index (κ3) is 4.84. The molecule has 4 nitrogen and oxygen atoms in total. The van der Waals surface area contributed by atoms with Crippen molar-refractivity contribution in [3.05, 3.63) is 65.5 Å². The van der Waals surface area contributed by atoms with E-state index < -0.39 is 65.9 Å². The monoisotopic (exact) mass is 470 g/mol. The first-order valence-electron chi connectivity index (χ1n) is 10.3. The van der Waals surface area contributed by atoms with Crippen LogP contribution in [0.15, 0.2) is 48.5 Å². The summed E-state index contributed by atoms with van der Waals surface area (Å²) in [7, 11) is 0. The molecule has 0 bridgehead atoms. The number of nitrogens with zero attached hydrogens (tertiary/aromatic N) is 1. The Morgan fingerprint density at radius 2 is 1.79 bits per heavy atom. The Balaban J connectivity index is 1.62. The molecular formula is C23H20F6N2O2. The van der Waals surface area contributed by atoms with Crippen LogP contribution in [-0.2, 0) is 15.8 Å². The van der Waals surface area contributed by atoms with E-state index in [0.29, 0.717) is 0 Å². The van der Waals surface area contributed by atoms with Crippen molar-refractivity contribution in [2.75, 3.05) is 18.4 Å². The second-order valence-corrected chi connectivity index (χ2v) is 8.55. The van der Waals surface area contributed by atoms with E-state index in [1.54, 1.807) is 0 Å². The average Bonchev–Trinajstić information content (AvgIpc) is 3.04. The number of carbonyl (C=O) groups is 2. The van der Waals surface area contributed by atoms with Gasteiger partial charge in [0.1, 0.15) is 11.7 Å². The van der Waals surface area contributed by atoms with Crippen LogP contribution in [0.1, 0.15) is 29.9 Å². The lowest BCUT2D eigenvalue weighted by molar-refractivity contribution is -0.141. The van der Waals surface area contributed by atoms with Crippen molar-refractivity contribution in [1.82, 2.24) is 4.90 Å². The molecule has 1 N–H and O–H groups in total. The van der Waals surface area contributed by atoms with Gasteiger partial charge in [-0.15, -0.1) is 0 Å². The van der Waals surface area contributed by atoms with Crippen LogP contribution < -0.4 is 5.32 Å². The number of carbonyl (C=O) groups excluding carboxylic acids is 2. The summed E-state index contributed by atoms with van der Waals surface area (Å²) >= 11 is 0. The van der Waals surface area contributed by atoms with E-state index >= 15 is 0 Å². The molecule has 2 unspecified atom stereocenters. The Hall–Kier alpha value is -3.04. The third-order valence-electron chi connectivity index (χ3n) is 6.11. The molecule has 0 radical (unpaired) electrons. The third-order valence-corrected chi connectivity index (χ3v) is 6.11. The molecule has 33 heavy (non-hydrogen) atoms. The lowest BCUT2D eigenvalue weighted by atomic mass is 9.81. The molecule has 2 fully saturated rings. The van der Waals surface area contributed by atoms with Crippen LogP contribution in [0, 0.1) is 17.7 Å². The topological polar surface area (TPSA) is 49.4 Å². The first kappa shape index (κ1) is 23.1. The molecule has 1 aliphatic carbocycles. The molecule has 4 rings (SSSR count). The van der Waals surface area contributed by atoms with Gasteiger partial charge in [0.15, 0.2) is 0 Å². The summed E-state index contributed by atoms with van der Waals surface area (Å²) in [4.78, 5) is 27.3. The number of hydrogen-bond acceptors (Lipinski definition) is 2. The van der Waals surface area contributed by atoms with Gasteiger partial charge >= 0.3 is 6.18 Å². The van der Waals surface area contributed by atoms with Gasteiger partial charge in [-0.1, -0.05) is 30.3 Å². The molecule has 1 heterocycles. The Labute approximate surface area is 185 Å². The maximum absolute atomic E-state index is 14.0. The molecule has 10 heteroatoms. The fourth-order valence-electron chi connectivity index (χ4n) is 4.50. The number of alkyl halides is 5. The Bertz CT molecular complexity index is 1060. The van der Waals surface area contributed by atoms with Crippen LogP contribution in [0.25, 0.3) is 0 Å². The predicted octanol–water partition coefficient (Wildman–Crippen LogP) is 5.07. The van der Waals surface area contributed by atoms with Gasteiger partial charge in [0.05, 0.1) is 11.3 Å². The first-order chi connectivity index (χ1) is 15.4. The normalized spacial score (nSPS) is 22.8. The van der Waals surface area contributed by atoms with Crippen LogP contribution in [0.3, 0.4) is 0 Å². The Kier molecular flexibility index (Phi) is 5.88. The van der Waals surface area contributed by atoms with Crippen LogP contribution in [0.5, 0.6) is 0 Å². The van der Waals surface area contributed by atoms with Crippen molar-refractivity contribution in [3.8, 4) is 0 Å². The van der Waals surface area contributed by atoms with E-state index in [1.165, 1.54) is 35.2 Å². The molecule has 2 atom stereocenters. The number of likely N-dealkylation sites (tertiary alicyclic amines) is 1. The molecule has 2 aliphatic rings. The Morgan fingerprint density at radius 1 is 1.09 bits per heavy atom. The highest BCUT2D eigenvalue weighted by Gasteiger charge is 2.50. The summed E-state index contributed by atoms with van der Waals surface area (Å²) in [6.07, 6.45) is -5.41. The number of halogens is 6. The van der Waals surface area contributed by atoms with E-state index in [4.69, 9.17) is 0 Å². The summed E-state index contributed by atoms with van der Waals surface area (Å²) in [5.41, 5.74) is -0.985. The van der Waals surface area contributed by atoms with Crippen LogP contribution in [0.2, 0.25) is 0 Å². The fraction of sp³-hybridized carbons (Fsp3) is 0.391. The van der Waals surface area contributed by atoms with Crippen molar-refractivity contribution < 1.29 is 35.9 Å². The smallest absolute Gasteiger partial charge is 0.341 e. The number of anilines is 1. The first-order valence-corrected chi connectivity index (χ1v) is 10.3. The molecule has 2 aromatic rings. The van der Waals surface area contributed by atoms with Crippen molar-refractivity contribution in [2.45, 2.75) is 30.9 Å². The van der Waals surface area contributed by atoms with Crippen LogP contribution in [-0.4, -0.2) is 35.7 Å². The van der Waals surface area contributed by atoms with Gasteiger partial charge in [0.25, 0.3) is 0 Å². The minimum atomic E-state index is -4.62. The van der Waals surface area contributed by atoms with E-state index in [1.807, 2.05) is 0 Å². The van der Waals surface area contributed by atoms with Crippen molar-refractivity contribution in [1.29, 1.82) is 0 Å². The van der Waals surface area contributed by atoms with Gasteiger partial charge in [-0.3, -0.25) is 9.59 Å². The molecular weight excluding hydrogens is 450 g/mol. The number of nitrogens with one attached hydrogen (secondary N) is 1. The summed E-state index contributed by atoms with van der Waals surface area (Å²) in [5.74, 6) is -7.91. The number of benzene rings is 2. The number of rotatable bonds is 5. The number of hydrogen-bond donors (Lipinski definition) is 1. The van der Waals surface area contributed by atoms with E-state index in [0.717, 1.165) is 18.2 Å². The molecule has 176 valence electrons. The van der Waals surface area contributed by atoms with Gasteiger partial charge in [-0.05, 0) is 29.7 Å². The van der Waals surface area contributed by atoms with Gasteiger partial charge < -0.3 is 10.2 Å². The second kappa shape index (κ2) is 8.39. The lowest BCUT2D eigenvalue weighted by Crippen LogP contribution is -2.44. The molecule has 2 amide bonds. The minimum absolute atomic E-state index is 0.0205. The summed E-state index contributed by atoms with van der Waals surface area (Å²) in [5, 5.41) is 2.34. The highest BCUT2D eigenvalue weighted by Crippen LogP contribution is 2.44. The largest absolute Gasteiger partial charge is 0.416 e. The minimum Gasteiger partial charge on any atom is -0.341 e. The molecule has 1 saturated carbocycles. The molecule has 2 aromatic carbocycles. The van der Waals surface area contributed by atoms with Crippen molar-refractivity contribution in [3.63, 3.8) is 0 Å². The molecule has 1 aliphatic heterocycles. The highest BCUT2D eigenvalue weighted by molar-refractivity contribution is 6.08. The fourth-order valence-corrected chi connectivity index (χ4v) is 4.50. The zero-order chi connectivity index (χ0) is 24.0. The van der Waals surface area contributed by atoms with Gasteiger partial charge in [0, 0.05) is 31.8 Å². The van der Waals surface area contributed by atoms with E-state index in [9.17, 15) is 35.9 Å². The standard InChI is InChI=1S/C23H20F6N2O2/c24-17-6-1-2-7-18(17)30-20(32)19-16(14-4-3-5-15(8-14)23(27,28)29)12-31(21(19)33)11-13-9-22(25,26)10-13/h1-8,13,16,19H,9-12H2,(H,30,32). The zero-order valence-electron chi connectivity index (χ0n) is 17.2. The van der Waals surface area contributed by atoms with Crippen molar-refractivity contribution >= 4 is 17.5 Å². The Morgan fingerprint density at radius 3 is 2.42 bits per heavy atom. The summed E-state index contributed by atoms with van der Waals surface area (Å²) in [6.45, 7) is -0.120. The number of para-hydroxylation sites is 1. The predicted molar refractivity (Wildman–Crippen MR) is 107 cm³/mol. The van der Waals surface area contributed by atoms with E-state index in [-0.39, 0.29) is 24.3 Å². The second-order valence-electron chi connectivity index (χ2n) is 8.55. The molecule has 1 saturated heterocycles. The summed E-state index contributed by atoms with van der Waals surface area (Å²) < 4.78 is 80.1. The molecule has 0 spiro atoms. The van der Waals surface area contributed by atoms with Gasteiger partial charge in [-0.25, -0.2) is 13.2 Å². The van der Waals surface area contributed by atoms with Gasteiger partial charge in [-0.2, -0.15) is 13.2 Å². The number of amides is 2. The molecule has 0 aromatic heterocycles. The quantitative estimate of drug-likeness (QED) is 0.490. The van der Waals surface area contributed by atoms with Crippen LogP contribution in [0.4, 0.5) is 32.0 Å². The SMILES string of the molecule is O=C(Nc1ccccc1F)C1C(=O)N(CC2CC(F)(F)C2)CC1c1cccc(C(F)(F)F)c1. The van der Waals surface area contributed by atoms with E-state index in [2.05, 4.69) is 5.32 Å². The zero-order valence-corrected chi connectivity index (χ0v) is 17.2. The lowest BCUT2D eigenvalue weighted by Gasteiger charge is -2.37. The maximum atomic E-state index is 14.0. The highest BCUT2D eigenvalue weighted by atomic mass is 19.4. The van der Waals surface area contributed by atoms with Crippen LogP contribution >= 0.6 is 0 Å². The average molecular weight is 470 g/mol. The van der Waals surface area contributed by atoms with Gasteiger partial charge in [0.2, 0.25) is 17.7 Å². The van der Waals surface area contributed by atoms with Crippen molar-refractivity contribution in [2.24, 2.45) is 11.8 Å². The summed E-state index contributed by atoms with van der Waals surface area (Å²) in [6, 6.07) is 9.61. The maximum Gasteiger partial charge on any atom is 0.416 e.